The third kappa shape index (κ3) is 4.82. The minimum absolute atomic E-state index is 0.0201. The van der Waals surface area contributed by atoms with Crippen molar-refractivity contribution in [3.8, 4) is 11.4 Å². The highest BCUT2D eigenvalue weighted by Gasteiger charge is 2.34. The molecule has 0 bridgehead atoms. The molecule has 23 heavy (non-hydrogen) atoms. The third-order valence-electron chi connectivity index (χ3n) is 3.20. The summed E-state index contributed by atoms with van der Waals surface area (Å²) < 4.78 is 39.1. The number of thioether (sulfide) groups is 1. The average molecular weight is 342 g/mol. The first kappa shape index (κ1) is 17.5. The van der Waals surface area contributed by atoms with Gasteiger partial charge in [-0.15, -0.1) is 0 Å². The molecular formula is C15H17F3N4S. The summed E-state index contributed by atoms with van der Waals surface area (Å²) in [7, 11) is 0. The van der Waals surface area contributed by atoms with Gasteiger partial charge in [0.2, 0.25) is 0 Å². The van der Waals surface area contributed by atoms with Crippen molar-refractivity contribution in [2.45, 2.75) is 24.8 Å². The molecule has 0 aliphatic rings. The van der Waals surface area contributed by atoms with Crippen LogP contribution in [0.15, 0.2) is 30.6 Å². The predicted molar refractivity (Wildman–Crippen MR) is 86.3 cm³/mol. The summed E-state index contributed by atoms with van der Waals surface area (Å²) in [6, 6.07) is 4.08. The first-order chi connectivity index (χ1) is 10.7. The fourth-order valence-electron chi connectivity index (χ4n) is 1.69. The monoisotopic (exact) mass is 342 g/mol. The topological polar surface area (TPSA) is 50.7 Å². The molecule has 0 atom stereocenters. The highest BCUT2D eigenvalue weighted by atomic mass is 32.2. The smallest absolute Gasteiger partial charge is 0.369 e. The van der Waals surface area contributed by atoms with Gasteiger partial charge in [-0.1, -0.05) is 0 Å². The molecule has 1 N–H and O–H groups in total. The van der Waals surface area contributed by atoms with E-state index in [4.69, 9.17) is 0 Å². The van der Waals surface area contributed by atoms with Crippen LogP contribution in [0.5, 0.6) is 0 Å². The molecule has 0 aliphatic heterocycles. The highest BCUT2D eigenvalue weighted by Crippen LogP contribution is 2.31. The van der Waals surface area contributed by atoms with Gasteiger partial charge in [0.25, 0.3) is 0 Å². The number of hydrogen-bond donors (Lipinski definition) is 1. The van der Waals surface area contributed by atoms with Gasteiger partial charge in [-0.05, 0) is 32.2 Å². The summed E-state index contributed by atoms with van der Waals surface area (Å²) >= 11 is 1.62. The SMILES string of the molecule is CSC(C)(C)CNc1cc(C(F)(F)F)nc(-c2ccncc2)n1. The number of nitrogens with zero attached hydrogens (tertiary/aromatic N) is 3. The van der Waals surface area contributed by atoms with E-state index in [-0.39, 0.29) is 16.4 Å². The van der Waals surface area contributed by atoms with Crippen LogP contribution in [0.4, 0.5) is 19.0 Å². The van der Waals surface area contributed by atoms with Crippen molar-refractivity contribution < 1.29 is 13.2 Å². The minimum atomic E-state index is -4.53. The summed E-state index contributed by atoms with van der Waals surface area (Å²) in [4.78, 5) is 11.7. The van der Waals surface area contributed by atoms with Crippen molar-refractivity contribution >= 4 is 17.6 Å². The summed E-state index contributed by atoms with van der Waals surface area (Å²) in [5.74, 6) is 0.174. The van der Waals surface area contributed by atoms with Gasteiger partial charge in [-0.2, -0.15) is 24.9 Å². The van der Waals surface area contributed by atoms with E-state index in [0.717, 1.165) is 6.07 Å². The maximum absolute atomic E-state index is 13.1. The molecule has 0 saturated carbocycles. The van der Waals surface area contributed by atoms with Gasteiger partial charge in [0, 0.05) is 35.3 Å². The molecule has 0 aromatic carbocycles. The van der Waals surface area contributed by atoms with Crippen LogP contribution in [0.1, 0.15) is 19.5 Å². The van der Waals surface area contributed by atoms with E-state index in [1.165, 1.54) is 12.4 Å². The molecule has 0 saturated heterocycles. The molecule has 124 valence electrons. The van der Waals surface area contributed by atoms with Crippen LogP contribution in [-0.4, -0.2) is 32.5 Å². The van der Waals surface area contributed by atoms with Crippen LogP contribution >= 0.6 is 11.8 Å². The number of rotatable bonds is 5. The summed E-state index contributed by atoms with van der Waals surface area (Å²) in [6.07, 6.45) is 0.396. The fourth-order valence-corrected chi connectivity index (χ4v) is 1.91. The van der Waals surface area contributed by atoms with Gasteiger partial charge in [0.15, 0.2) is 11.5 Å². The molecule has 2 aromatic heterocycles. The Morgan fingerprint density at radius 2 is 1.78 bits per heavy atom. The third-order valence-corrected chi connectivity index (χ3v) is 4.45. The lowest BCUT2D eigenvalue weighted by molar-refractivity contribution is -0.141. The summed E-state index contributed by atoms with van der Waals surface area (Å²) in [5, 5.41) is 2.97. The lowest BCUT2D eigenvalue weighted by Crippen LogP contribution is -2.26. The number of aromatic nitrogens is 3. The quantitative estimate of drug-likeness (QED) is 0.886. The van der Waals surface area contributed by atoms with Crippen LogP contribution in [0.25, 0.3) is 11.4 Å². The fraction of sp³-hybridized carbons (Fsp3) is 0.400. The molecule has 0 radical (unpaired) electrons. The zero-order valence-corrected chi connectivity index (χ0v) is 13.8. The minimum Gasteiger partial charge on any atom is -0.369 e. The van der Waals surface area contributed by atoms with E-state index in [2.05, 4.69) is 20.3 Å². The number of hydrogen-bond acceptors (Lipinski definition) is 5. The lowest BCUT2D eigenvalue weighted by atomic mass is 10.2. The molecule has 0 amide bonds. The Bertz CT molecular complexity index is 660. The standard InChI is InChI=1S/C15H17F3N4S/c1-14(2,23-3)9-20-12-8-11(15(16,17)18)21-13(22-12)10-4-6-19-7-5-10/h4-8H,9H2,1-3H3,(H,20,21,22). The van der Waals surface area contributed by atoms with Gasteiger partial charge < -0.3 is 5.32 Å². The predicted octanol–water partition coefficient (Wildman–Crippen LogP) is 4.11. The van der Waals surface area contributed by atoms with E-state index in [1.807, 2.05) is 20.1 Å². The Kier molecular flexibility index (Phi) is 5.13. The van der Waals surface area contributed by atoms with Crippen LogP contribution in [0.2, 0.25) is 0 Å². The van der Waals surface area contributed by atoms with Crippen molar-refractivity contribution in [3.63, 3.8) is 0 Å². The molecule has 0 spiro atoms. The Labute approximate surface area is 137 Å². The number of nitrogens with one attached hydrogen (secondary N) is 1. The van der Waals surface area contributed by atoms with Gasteiger partial charge in [0.1, 0.15) is 5.82 Å². The van der Waals surface area contributed by atoms with Crippen molar-refractivity contribution in [2.75, 3.05) is 18.1 Å². The normalized spacial score (nSPS) is 12.3. The van der Waals surface area contributed by atoms with Crippen molar-refractivity contribution in [2.24, 2.45) is 0 Å². The van der Waals surface area contributed by atoms with Crippen molar-refractivity contribution in [1.82, 2.24) is 15.0 Å². The van der Waals surface area contributed by atoms with Crippen LogP contribution in [0.3, 0.4) is 0 Å². The molecule has 2 aromatic rings. The Balaban J connectivity index is 2.38. The second-order valence-electron chi connectivity index (χ2n) is 5.51. The lowest BCUT2D eigenvalue weighted by Gasteiger charge is -2.23. The number of halogens is 3. The van der Waals surface area contributed by atoms with E-state index in [0.29, 0.717) is 12.1 Å². The van der Waals surface area contributed by atoms with E-state index in [1.54, 1.807) is 23.9 Å². The number of alkyl halides is 3. The molecule has 8 heteroatoms. The van der Waals surface area contributed by atoms with Crippen LogP contribution < -0.4 is 5.32 Å². The van der Waals surface area contributed by atoms with E-state index >= 15 is 0 Å². The molecule has 0 aliphatic carbocycles. The largest absolute Gasteiger partial charge is 0.433 e. The van der Waals surface area contributed by atoms with Crippen molar-refractivity contribution in [3.05, 3.63) is 36.3 Å². The average Bonchev–Trinajstić information content (AvgIpc) is 2.53. The van der Waals surface area contributed by atoms with Crippen LogP contribution in [0, 0.1) is 0 Å². The Morgan fingerprint density at radius 3 is 2.35 bits per heavy atom. The van der Waals surface area contributed by atoms with E-state index < -0.39 is 11.9 Å². The maximum Gasteiger partial charge on any atom is 0.433 e. The zero-order valence-electron chi connectivity index (χ0n) is 13.0. The summed E-state index contributed by atoms with van der Waals surface area (Å²) in [5.41, 5.74) is -0.484. The molecule has 0 fully saturated rings. The second-order valence-corrected chi connectivity index (χ2v) is 7.03. The highest BCUT2D eigenvalue weighted by molar-refractivity contribution is 7.99. The van der Waals surface area contributed by atoms with Gasteiger partial charge in [-0.3, -0.25) is 4.98 Å². The van der Waals surface area contributed by atoms with Gasteiger partial charge >= 0.3 is 6.18 Å². The van der Waals surface area contributed by atoms with Crippen LogP contribution in [-0.2, 0) is 6.18 Å². The first-order valence-electron chi connectivity index (χ1n) is 6.87. The van der Waals surface area contributed by atoms with Crippen molar-refractivity contribution in [1.29, 1.82) is 0 Å². The molecule has 2 heterocycles. The van der Waals surface area contributed by atoms with E-state index in [9.17, 15) is 13.2 Å². The maximum atomic E-state index is 13.1. The summed E-state index contributed by atoms with van der Waals surface area (Å²) in [6.45, 7) is 4.48. The molecular weight excluding hydrogens is 325 g/mol. The van der Waals surface area contributed by atoms with Gasteiger partial charge in [0.05, 0.1) is 0 Å². The molecule has 2 rings (SSSR count). The number of pyridine rings is 1. The Morgan fingerprint density at radius 1 is 1.13 bits per heavy atom. The second kappa shape index (κ2) is 6.74. The Hall–Kier alpha value is -1.83. The molecule has 0 unspecified atom stereocenters. The first-order valence-corrected chi connectivity index (χ1v) is 8.09. The molecule has 4 nitrogen and oxygen atoms in total. The van der Waals surface area contributed by atoms with Gasteiger partial charge in [-0.25, -0.2) is 9.97 Å². The number of anilines is 1. The zero-order chi connectivity index (χ0) is 17.1.